The number of benzene rings is 1. The lowest BCUT2D eigenvalue weighted by molar-refractivity contribution is -0.385. The molecule has 2 rings (SSSR count). The monoisotopic (exact) mass is 256 g/mol. The quantitative estimate of drug-likeness (QED) is 0.622. The third kappa shape index (κ3) is 2.95. The van der Waals surface area contributed by atoms with E-state index in [2.05, 4.69) is 4.98 Å². The fourth-order valence-electron chi connectivity index (χ4n) is 1.67. The van der Waals surface area contributed by atoms with Crippen molar-refractivity contribution in [1.82, 2.24) is 4.98 Å². The van der Waals surface area contributed by atoms with Crippen LogP contribution in [0.1, 0.15) is 11.1 Å². The predicted molar refractivity (Wildman–Crippen MR) is 72.8 cm³/mol. The molecule has 0 spiro atoms. The number of pyridine rings is 1. The minimum atomic E-state index is -0.403. The zero-order valence-corrected chi connectivity index (χ0v) is 10.3. The van der Waals surface area contributed by atoms with Gasteiger partial charge in [0.2, 0.25) is 5.88 Å². The number of nitro benzene ring substituents is 1. The second-order valence-electron chi connectivity index (χ2n) is 3.75. The summed E-state index contributed by atoms with van der Waals surface area (Å²) in [5.74, 6) is 0.484. The van der Waals surface area contributed by atoms with Crippen molar-refractivity contribution in [3.8, 4) is 5.88 Å². The molecule has 2 aromatic rings. The molecule has 19 heavy (non-hydrogen) atoms. The summed E-state index contributed by atoms with van der Waals surface area (Å²) < 4.78 is 5.12. The molecule has 0 saturated carbocycles. The smallest absolute Gasteiger partial charge is 0.276 e. The molecule has 1 aromatic carbocycles. The molecule has 0 aliphatic rings. The number of aromatic nitrogens is 1. The van der Waals surface area contributed by atoms with Gasteiger partial charge in [0.25, 0.3) is 5.69 Å². The maximum absolute atomic E-state index is 10.9. The van der Waals surface area contributed by atoms with E-state index in [1.165, 1.54) is 13.2 Å². The molecule has 5 nitrogen and oxygen atoms in total. The van der Waals surface area contributed by atoms with Crippen LogP contribution in [0.25, 0.3) is 12.2 Å². The highest BCUT2D eigenvalue weighted by Crippen LogP contribution is 2.22. The van der Waals surface area contributed by atoms with Crippen LogP contribution in [0.4, 0.5) is 5.69 Å². The van der Waals surface area contributed by atoms with Gasteiger partial charge in [0.1, 0.15) is 0 Å². The Kier molecular flexibility index (Phi) is 3.87. The van der Waals surface area contributed by atoms with Gasteiger partial charge >= 0.3 is 0 Å². The van der Waals surface area contributed by atoms with Gasteiger partial charge in [-0.2, -0.15) is 0 Å². The third-order valence-electron chi connectivity index (χ3n) is 2.57. The molecule has 0 saturated heterocycles. The maximum atomic E-state index is 10.9. The molecule has 0 aliphatic carbocycles. The van der Waals surface area contributed by atoms with Crippen molar-refractivity contribution in [3.63, 3.8) is 0 Å². The number of nitro groups is 1. The minimum absolute atomic E-state index is 0.0709. The summed E-state index contributed by atoms with van der Waals surface area (Å²) >= 11 is 0. The minimum Gasteiger partial charge on any atom is -0.481 e. The Morgan fingerprint density at radius 3 is 2.58 bits per heavy atom. The van der Waals surface area contributed by atoms with Crippen LogP contribution in [0.5, 0.6) is 5.88 Å². The summed E-state index contributed by atoms with van der Waals surface area (Å²) in [7, 11) is 1.53. The van der Waals surface area contributed by atoms with Crippen molar-refractivity contribution in [2.24, 2.45) is 0 Å². The van der Waals surface area contributed by atoms with E-state index in [0.717, 1.165) is 5.56 Å². The molecule has 1 aromatic heterocycles. The fraction of sp³-hybridized carbons (Fsp3) is 0.0714. The Morgan fingerprint density at radius 2 is 1.84 bits per heavy atom. The van der Waals surface area contributed by atoms with Crippen molar-refractivity contribution in [1.29, 1.82) is 0 Å². The van der Waals surface area contributed by atoms with Gasteiger partial charge in [-0.25, -0.2) is 4.98 Å². The second kappa shape index (κ2) is 5.77. The molecule has 0 bridgehead atoms. The van der Waals surface area contributed by atoms with Gasteiger partial charge in [0.15, 0.2) is 0 Å². The van der Waals surface area contributed by atoms with E-state index in [1.807, 2.05) is 6.07 Å². The predicted octanol–water partition coefficient (Wildman–Crippen LogP) is 3.17. The topological polar surface area (TPSA) is 65.3 Å². The number of methoxy groups -OCH3 is 1. The van der Waals surface area contributed by atoms with E-state index in [1.54, 1.807) is 42.6 Å². The first kappa shape index (κ1) is 12.8. The first-order valence-electron chi connectivity index (χ1n) is 5.63. The lowest BCUT2D eigenvalue weighted by atomic mass is 10.1. The van der Waals surface area contributed by atoms with Crippen molar-refractivity contribution in [2.45, 2.75) is 0 Å². The standard InChI is InChI=1S/C14H12N2O3/c1-19-14-12(6-4-10-15-14)9-8-11-5-2-3-7-13(11)16(17)18/h2-10H,1H3/b9-8+. The normalized spacial score (nSPS) is 10.6. The average Bonchev–Trinajstić information content (AvgIpc) is 2.45. The number of hydrogen-bond donors (Lipinski definition) is 0. The SMILES string of the molecule is COc1ncccc1/C=C/c1ccccc1[N+](=O)[O-]. The summed E-state index contributed by atoms with van der Waals surface area (Å²) in [6.07, 6.45) is 5.05. The van der Waals surface area contributed by atoms with Crippen LogP contribution in [-0.4, -0.2) is 17.0 Å². The summed E-state index contributed by atoms with van der Waals surface area (Å²) in [6, 6.07) is 10.2. The molecule has 96 valence electrons. The van der Waals surface area contributed by atoms with Crippen LogP contribution in [0.2, 0.25) is 0 Å². The average molecular weight is 256 g/mol. The van der Waals surface area contributed by atoms with Gasteiger partial charge < -0.3 is 4.74 Å². The van der Waals surface area contributed by atoms with Crippen molar-refractivity contribution < 1.29 is 9.66 Å². The van der Waals surface area contributed by atoms with Gasteiger partial charge in [-0.3, -0.25) is 10.1 Å². The van der Waals surface area contributed by atoms with Crippen molar-refractivity contribution in [3.05, 3.63) is 63.8 Å². The Balaban J connectivity index is 2.35. The van der Waals surface area contributed by atoms with Gasteiger partial charge in [-0.05, 0) is 30.4 Å². The second-order valence-corrected chi connectivity index (χ2v) is 3.75. The van der Waals surface area contributed by atoms with Crippen LogP contribution in [0.3, 0.4) is 0 Å². The van der Waals surface area contributed by atoms with E-state index in [0.29, 0.717) is 11.4 Å². The number of hydrogen-bond acceptors (Lipinski definition) is 4. The Bertz CT molecular complexity index is 624. The first-order chi connectivity index (χ1) is 9.22. The van der Waals surface area contributed by atoms with Gasteiger partial charge in [-0.1, -0.05) is 12.1 Å². The molecule has 0 unspecified atom stereocenters. The number of ether oxygens (including phenoxy) is 1. The molecule has 0 fully saturated rings. The van der Waals surface area contributed by atoms with Gasteiger partial charge in [-0.15, -0.1) is 0 Å². The summed E-state index contributed by atoms with van der Waals surface area (Å²) in [5, 5.41) is 10.9. The Labute approximate surface area is 110 Å². The number of para-hydroxylation sites is 1. The first-order valence-corrected chi connectivity index (χ1v) is 5.63. The van der Waals surface area contributed by atoms with E-state index < -0.39 is 4.92 Å². The molecule has 0 atom stereocenters. The summed E-state index contributed by atoms with van der Waals surface area (Å²) in [4.78, 5) is 14.5. The number of rotatable bonds is 4. The molecule has 5 heteroatoms. The van der Waals surface area contributed by atoms with Gasteiger partial charge in [0.05, 0.1) is 17.6 Å². The lowest BCUT2D eigenvalue weighted by Gasteiger charge is -2.02. The van der Waals surface area contributed by atoms with E-state index in [9.17, 15) is 10.1 Å². The third-order valence-corrected chi connectivity index (χ3v) is 2.57. The molecule has 0 N–H and O–H groups in total. The van der Waals surface area contributed by atoms with Crippen LogP contribution in [0.15, 0.2) is 42.6 Å². The van der Waals surface area contributed by atoms with Crippen LogP contribution >= 0.6 is 0 Å². The van der Waals surface area contributed by atoms with Crippen molar-refractivity contribution >= 4 is 17.8 Å². The van der Waals surface area contributed by atoms with Gasteiger partial charge in [0, 0.05) is 17.8 Å². The largest absolute Gasteiger partial charge is 0.481 e. The summed E-state index contributed by atoms with van der Waals surface area (Å²) in [5.41, 5.74) is 1.38. The molecule has 1 heterocycles. The fourth-order valence-corrected chi connectivity index (χ4v) is 1.67. The molecule has 0 radical (unpaired) electrons. The molecule has 0 amide bonds. The zero-order chi connectivity index (χ0) is 13.7. The highest BCUT2D eigenvalue weighted by atomic mass is 16.6. The van der Waals surface area contributed by atoms with Crippen molar-refractivity contribution in [2.75, 3.05) is 7.11 Å². The molecular weight excluding hydrogens is 244 g/mol. The Morgan fingerprint density at radius 1 is 1.16 bits per heavy atom. The van der Waals surface area contributed by atoms with E-state index >= 15 is 0 Å². The Hall–Kier alpha value is -2.69. The number of nitrogens with zero attached hydrogens (tertiary/aromatic N) is 2. The van der Waals surface area contributed by atoms with Crippen LogP contribution in [-0.2, 0) is 0 Å². The molecule has 0 aliphatic heterocycles. The maximum Gasteiger partial charge on any atom is 0.276 e. The highest BCUT2D eigenvalue weighted by molar-refractivity contribution is 5.75. The van der Waals surface area contributed by atoms with Crippen LogP contribution in [0, 0.1) is 10.1 Å². The van der Waals surface area contributed by atoms with Crippen LogP contribution < -0.4 is 4.74 Å². The highest BCUT2D eigenvalue weighted by Gasteiger charge is 2.09. The summed E-state index contributed by atoms with van der Waals surface area (Å²) in [6.45, 7) is 0. The lowest BCUT2D eigenvalue weighted by Crippen LogP contribution is -1.91. The zero-order valence-electron chi connectivity index (χ0n) is 10.3. The van der Waals surface area contributed by atoms with E-state index in [-0.39, 0.29) is 5.69 Å². The van der Waals surface area contributed by atoms with E-state index in [4.69, 9.17) is 4.74 Å². The molecular formula is C14H12N2O3.